The zero-order valence-corrected chi connectivity index (χ0v) is 18.4. The van der Waals surface area contributed by atoms with Crippen molar-refractivity contribution in [3.05, 3.63) is 77.4 Å². The topological polar surface area (TPSA) is 82.8 Å². The fourth-order valence-corrected chi connectivity index (χ4v) is 4.53. The number of rotatable bonds is 4. The molecule has 2 aromatic heterocycles. The number of hydrogen-bond donors (Lipinski definition) is 0. The van der Waals surface area contributed by atoms with Gasteiger partial charge in [-0.3, -0.25) is 9.78 Å². The highest BCUT2D eigenvalue weighted by molar-refractivity contribution is 5.99. The van der Waals surface area contributed by atoms with E-state index in [4.69, 9.17) is 0 Å². The molecule has 0 bridgehead atoms. The van der Waals surface area contributed by atoms with Gasteiger partial charge in [-0.25, -0.2) is 18.7 Å². The Bertz CT molecular complexity index is 1190. The molecule has 1 atom stereocenters. The maximum Gasteiger partial charge on any atom is 0.256 e. The van der Waals surface area contributed by atoms with E-state index >= 15 is 0 Å². The Balaban J connectivity index is 1.57. The third kappa shape index (κ3) is 4.19. The number of carbonyl (C=O) groups excluding carboxylic acids is 1. The second-order valence-electron chi connectivity index (χ2n) is 8.42. The lowest BCUT2D eigenvalue weighted by molar-refractivity contribution is 0.0620. The van der Waals surface area contributed by atoms with Crippen LogP contribution >= 0.6 is 0 Å². The Kier molecular flexibility index (Phi) is 6.14. The minimum Gasteiger partial charge on any atom is -0.338 e. The van der Waals surface area contributed by atoms with E-state index in [1.807, 2.05) is 0 Å². The first-order chi connectivity index (χ1) is 15.9. The van der Waals surface area contributed by atoms with Crippen LogP contribution in [0.25, 0.3) is 11.4 Å². The Labute approximate surface area is 190 Å². The summed E-state index contributed by atoms with van der Waals surface area (Å²) in [6, 6.07) is 9.96. The van der Waals surface area contributed by atoms with Crippen LogP contribution in [0.1, 0.15) is 47.2 Å². The van der Waals surface area contributed by atoms with Gasteiger partial charge in [-0.1, -0.05) is 6.92 Å². The van der Waals surface area contributed by atoms with Crippen LogP contribution in [0.2, 0.25) is 0 Å². The van der Waals surface area contributed by atoms with Crippen LogP contribution < -0.4 is 0 Å². The van der Waals surface area contributed by atoms with Gasteiger partial charge >= 0.3 is 0 Å². The first-order valence-electron chi connectivity index (χ1n) is 10.7. The number of nitriles is 1. The summed E-state index contributed by atoms with van der Waals surface area (Å²) in [4.78, 5) is 27.4. The number of benzene rings is 1. The summed E-state index contributed by atoms with van der Waals surface area (Å²) in [5.74, 6) is -2.16. The largest absolute Gasteiger partial charge is 0.338 e. The van der Waals surface area contributed by atoms with Crippen LogP contribution in [0.5, 0.6) is 0 Å². The van der Waals surface area contributed by atoms with Crippen molar-refractivity contribution in [2.45, 2.75) is 32.6 Å². The number of pyridine rings is 1. The Morgan fingerprint density at radius 3 is 2.45 bits per heavy atom. The van der Waals surface area contributed by atoms with Gasteiger partial charge in [0.2, 0.25) is 0 Å². The second kappa shape index (κ2) is 9.02. The lowest BCUT2D eigenvalue weighted by Gasteiger charge is -2.41. The molecule has 33 heavy (non-hydrogen) atoms. The van der Waals surface area contributed by atoms with Crippen LogP contribution in [0.15, 0.2) is 49.1 Å². The Morgan fingerprint density at radius 2 is 1.85 bits per heavy atom. The highest BCUT2D eigenvalue weighted by Gasteiger charge is 2.43. The summed E-state index contributed by atoms with van der Waals surface area (Å²) in [6.45, 7) is 3.90. The first kappa shape index (κ1) is 22.5. The van der Waals surface area contributed by atoms with Crippen molar-refractivity contribution in [2.24, 2.45) is 5.41 Å². The van der Waals surface area contributed by atoms with Gasteiger partial charge in [0.25, 0.3) is 5.91 Å². The molecule has 0 spiro atoms. The summed E-state index contributed by atoms with van der Waals surface area (Å²) in [6.07, 6.45) is 5.19. The molecule has 1 aliphatic heterocycles. The summed E-state index contributed by atoms with van der Waals surface area (Å²) in [5.41, 5.74) is 0.848. The van der Waals surface area contributed by atoms with E-state index < -0.39 is 23.0 Å². The lowest BCUT2D eigenvalue weighted by atomic mass is 9.67. The van der Waals surface area contributed by atoms with Crippen LogP contribution in [0, 0.1) is 35.3 Å². The molecule has 0 saturated carbocycles. The van der Waals surface area contributed by atoms with Crippen LogP contribution in [-0.4, -0.2) is 38.8 Å². The van der Waals surface area contributed by atoms with Crippen LogP contribution in [0.4, 0.5) is 8.78 Å². The molecule has 1 aliphatic rings. The second-order valence-corrected chi connectivity index (χ2v) is 8.42. The van der Waals surface area contributed by atoms with Crippen molar-refractivity contribution in [1.29, 1.82) is 5.26 Å². The average Bonchev–Trinajstić information content (AvgIpc) is 2.83. The van der Waals surface area contributed by atoms with Gasteiger partial charge in [0.15, 0.2) is 0 Å². The van der Waals surface area contributed by atoms with E-state index in [1.54, 1.807) is 49.3 Å². The molecule has 1 fully saturated rings. The molecule has 4 rings (SSSR count). The van der Waals surface area contributed by atoms with Gasteiger partial charge in [-0.2, -0.15) is 5.26 Å². The van der Waals surface area contributed by atoms with Crippen molar-refractivity contribution < 1.29 is 13.6 Å². The minimum atomic E-state index is -0.974. The number of piperidine rings is 1. The maximum absolute atomic E-state index is 14.6. The standard InChI is InChI=1S/C25H23F2N5O/c1-16-12-19(26)22(20(27)13-16)17(2)25(14-28)6-10-32(11-7-25)24(33)18-4-3-8-30-23(18)21-5-9-29-15-31-21/h3-5,8-9,12-13,15,17H,6-7,10-11H2,1-2H3/t17-/m1/s1. The molecular formula is C25H23F2N5O. The summed E-state index contributed by atoms with van der Waals surface area (Å²) in [7, 11) is 0. The van der Waals surface area contributed by atoms with Gasteiger partial charge < -0.3 is 4.90 Å². The monoisotopic (exact) mass is 447 g/mol. The minimum absolute atomic E-state index is 0.0692. The molecule has 8 heteroatoms. The zero-order chi connectivity index (χ0) is 23.6. The predicted molar refractivity (Wildman–Crippen MR) is 118 cm³/mol. The van der Waals surface area contributed by atoms with Crippen LogP contribution in [-0.2, 0) is 0 Å². The van der Waals surface area contributed by atoms with Crippen molar-refractivity contribution in [1.82, 2.24) is 19.9 Å². The Hall–Kier alpha value is -3.73. The predicted octanol–water partition coefficient (Wildman–Crippen LogP) is 4.67. The molecule has 1 aromatic carbocycles. The van der Waals surface area contributed by atoms with E-state index in [1.165, 1.54) is 18.5 Å². The third-order valence-electron chi connectivity index (χ3n) is 6.51. The first-order valence-corrected chi connectivity index (χ1v) is 10.7. The van der Waals surface area contributed by atoms with E-state index in [2.05, 4.69) is 21.0 Å². The number of halogens is 2. The molecule has 0 N–H and O–H groups in total. The summed E-state index contributed by atoms with van der Waals surface area (Å²) < 4.78 is 29.2. The number of aromatic nitrogens is 3. The summed E-state index contributed by atoms with van der Waals surface area (Å²) >= 11 is 0. The molecule has 1 saturated heterocycles. The SMILES string of the molecule is Cc1cc(F)c([C@@H](C)C2(C#N)CCN(C(=O)c3cccnc3-c3ccncn3)CC2)c(F)c1. The smallest absolute Gasteiger partial charge is 0.256 e. The Morgan fingerprint density at radius 1 is 1.15 bits per heavy atom. The number of nitrogens with zero attached hydrogens (tertiary/aromatic N) is 5. The number of hydrogen-bond acceptors (Lipinski definition) is 5. The number of carbonyl (C=O) groups is 1. The van der Waals surface area contributed by atoms with Gasteiger partial charge in [0.1, 0.15) is 23.7 Å². The van der Waals surface area contributed by atoms with Gasteiger partial charge in [-0.05, 0) is 55.7 Å². The fourth-order valence-electron chi connectivity index (χ4n) is 4.53. The molecule has 0 aliphatic carbocycles. The maximum atomic E-state index is 14.6. The molecule has 1 amide bonds. The normalized spacial score (nSPS) is 16.2. The molecule has 3 heterocycles. The third-order valence-corrected chi connectivity index (χ3v) is 6.51. The molecule has 6 nitrogen and oxygen atoms in total. The highest BCUT2D eigenvalue weighted by atomic mass is 19.1. The van der Waals surface area contributed by atoms with E-state index in [9.17, 15) is 18.8 Å². The molecule has 3 aromatic rings. The van der Waals surface area contributed by atoms with Gasteiger partial charge in [0, 0.05) is 37.0 Å². The van der Waals surface area contributed by atoms with Gasteiger partial charge in [-0.15, -0.1) is 0 Å². The molecule has 0 radical (unpaired) electrons. The fraction of sp³-hybridized carbons (Fsp3) is 0.320. The van der Waals surface area contributed by atoms with Crippen molar-refractivity contribution in [3.8, 4) is 17.5 Å². The molecule has 168 valence electrons. The quantitative estimate of drug-likeness (QED) is 0.580. The zero-order valence-electron chi connectivity index (χ0n) is 18.4. The van der Waals surface area contributed by atoms with Crippen LogP contribution in [0.3, 0.4) is 0 Å². The van der Waals surface area contributed by atoms with E-state index in [0.717, 1.165) is 0 Å². The van der Waals surface area contributed by atoms with Crippen molar-refractivity contribution >= 4 is 5.91 Å². The van der Waals surface area contributed by atoms with E-state index in [-0.39, 0.29) is 11.5 Å². The van der Waals surface area contributed by atoms with Crippen molar-refractivity contribution in [2.75, 3.05) is 13.1 Å². The summed E-state index contributed by atoms with van der Waals surface area (Å²) in [5, 5.41) is 10.0. The van der Waals surface area contributed by atoms with E-state index in [0.29, 0.717) is 48.4 Å². The van der Waals surface area contributed by atoms with Gasteiger partial charge in [0.05, 0.1) is 22.7 Å². The lowest BCUT2D eigenvalue weighted by Crippen LogP contribution is -2.45. The number of aryl methyl sites for hydroxylation is 1. The molecule has 0 unspecified atom stereocenters. The average molecular weight is 447 g/mol. The van der Waals surface area contributed by atoms with Crippen molar-refractivity contribution in [3.63, 3.8) is 0 Å². The molecular weight excluding hydrogens is 424 g/mol. The number of amides is 1. The number of likely N-dealkylation sites (tertiary alicyclic amines) is 1. The highest BCUT2D eigenvalue weighted by Crippen LogP contribution is 2.45.